The Hall–Kier alpha value is 0.01000. The smallest absolute Gasteiger partial charge is 0.0175 e. The monoisotopic (exact) mass is 315 g/mol. The summed E-state index contributed by atoms with van der Waals surface area (Å²) in [6.07, 6.45) is 4.75. The maximum atomic E-state index is 3.49. The molecule has 0 aliphatic carbocycles. The third-order valence-corrected chi connectivity index (χ3v) is 4.11. The summed E-state index contributed by atoms with van der Waals surface area (Å²) in [6.45, 7) is 4.31. The summed E-state index contributed by atoms with van der Waals surface area (Å²) in [5.74, 6) is 1.91. The summed E-state index contributed by atoms with van der Waals surface area (Å²) in [7, 11) is 0. The Morgan fingerprint density at radius 2 is 2.00 bits per heavy atom. The first-order valence-electron chi connectivity index (χ1n) is 6.23. The second kappa shape index (κ2) is 9.01. The van der Waals surface area contributed by atoms with Crippen LogP contribution in [0.15, 0.2) is 28.7 Å². The fourth-order valence-electron chi connectivity index (χ4n) is 1.91. The Kier molecular flexibility index (Phi) is 7.99. The molecule has 0 aliphatic rings. The second-order valence-electron chi connectivity index (χ2n) is 4.19. The van der Waals surface area contributed by atoms with Crippen molar-refractivity contribution in [1.29, 1.82) is 0 Å². The fourth-order valence-corrected chi connectivity index (χ4v) is 2.63. The predicted molar refractivity (Wildman–Crippen MR) is 83.0 cm³/mol. The van der Waals surface area contributed by atoms with Gasteiger partial charge in [0.15, 0.2) is 0 Å². The molecule has 0 bridgehead atoms. The van der Waals surface area contributed by atoms with Crippen LogP contribution in [-0.2, 0) is 0 Å². The lowest BCUT2D eigenvalue weighted by Gasteiger charge is -2.17. The topological polar surface area (TPSA) is 12.0 Å². The van der Waals surface area contributed by atoms with E-state index in [1.165, 1.54) is 24.2 Å². The first kappa shape index (κ1) is 15.1. The third-order valence-electron chi connectivity index (χ3n) is 2.88. The lowest BCUT2D eigenvalue weighted by molar-refractivity contribution is 0.557. The molecule has 96 valence electrons. The Bertz CT molecular complexity index is 300. The summed E-state index contributed by atoms with van der Waals surface area (Å²) >= 11 is 5.43. The molecule has 0 fully saturated rings. The highest BCUT2D eigenvalue weighted by Gasteiger charge is 2.10. The maximum absolute atomic E-state index is 3.49. The standard InChI is InChI=1S/C14H22BrNS/c1-3-16-11-13(5-4-10-17-2)12-6-8-14(15)9-7-12/h6-9,13,16H,3-5,10-11H2,1-2H3. The molecule has 0 saturated carbocycles. The Morgan fingerprint density at radius 3 is 2.59 bits per heavy atom. The molecule has 0 radical (unpaired) electrons. The molecule has 0 amide bonds. The summed E-state index contributed by atoms with van der Waals surface area (Å²) < 4.78 is 1.16. The van der Waals surface area contributed by atoms with E-state index in [2.05, 4.69) is 58.7 Å². The van der Waals surface area contributed by atoms with Gasteiger partial charge < -0.3 is 5.32 Å². The average Bonchev–Trinajstić information content (AvgIpc) is 2.35. The van der Waals surface area contributed by atoms with E-state index in [0.717, 1.165) is 17.6 Å². The van der Waals surface area contributed by atoms with Crippen molar-refractivity contribution in [3.63, 3.8) is 0 Å². The van der Waals surface area contributed by atoms with Crippen molar-refractivity contribution in [2.45, 2.75) is 25.7 Å². The van der Waals surface area contributed by atoms with Crippen molar-refractivity contribution in [3.8, 4) is 0 Å². The summed E-state index contributed by atoms with van der Waals surface area (Å²) in [4.78, 5) is 0. The van der Waals surface area contributed by atoms with Crippen LogP contribution in [0, 0.1) is 0 Å². The normalized spacial score (nSPS) is 12.6. The molecule has 0 aliphatic heterocycles. The van der Waals surface area contributed by atoms with Crippen molar-refractivity contribution in [2.75, 3.05) is 25.1 Å². The number of likely N-dealkylation sites (N-methyl/N-ethyl adjacent to an activating group) is 1. The van der Waals surface area contributed by atoms with Crippen molar-refractivity contribution in [2.24, 2.45) is 0 Å². The minimum atomic E-state index is 0.648. The van der Waals surface area contributed by atoms with Gasteiger partial charge in [0.05, 0.1) is 0 Å². The molecule has 1 unspecified atom stereocenters. The number of hydrogen-bond acceptors (Lipinski definition) is 2. The fraction of sp³-hybridized carbons (Fsp3) is 0.571. The molecule has 0 spiro atoms. The van der Waals surface area contributed by atoms with E-state index in [1.54, 1.807) is 0 Å². The van der Waals surface area contributed by atoms with Gasteiger partial charge in [0, 0.05) is 11.0 Å². The van der Waals surface area contributed by atoms with E-state index in [0.29, 0.717) is 5.92 Å². The highest BCUT2D eigenvalue weighted by atomic mass is 79.9. The van der Waals surface area contributed by atoms with Gasteiger partial charge in [0.1, 0.15) is 0 Å². The van der Waals surface area contributed by atoms with Gasteiger partial charge in [-0.1, -0.05) is 35.0 Å². The van der Waals surface area contributed by atoms with Crippen LogP contribution in [0.2, 0.25) is 0 Å². The van der Waals surface area contributed by atoms with Crippen LogP contribution >= 0.6 is 27.7 Å². The Labute approximate surface area is 118 Å². The molecule has 1 aromatic carbocycles. The summed E-state index contributed by atoms with van der Waals surface area (Å²) in [6, 6.07) is 8.77. The summed E-state index contributed by atoms with van der Waals surface area (Å²) in [5.41, 5.74) is 1.45. The number of hydrogen-bond donors (Lipinski definition) is 1. The van der Waals surface area contributed by atoms with Crippen LogP contribution in [0.3, 0.4) is 0 Å². The van der Waals surface area contributed by atoms with Gasteiger partial charge in [-0.2, -0.15) is 11.8 Å². The van der Waals surface area contributed by atoms with Crippen LogP contribution in [0.5, 0.6) is 0 Å². The number of benzene rings is 1. The van der Waals surface area contributed by atoms with Crippen LogP contribution in [0.1, 0.15) is 31.2 Å². The van der Waals surface area contributed by atoms with Crippen molar-refractivity contribution in [3.05, 3.63) is 34.3 Å². The van der Waals surface area contributed by atoms with Gasteiger partial charge >= 0.3 is 0 Å². The zero-order valence-corrected chi connectivity index (χ0v) is 13.1. The number of halogens is 1. The molecule has 1 aromatic rings. The molecule has 1 nitrogen and oxygen atoms in total. The molecule has 0 saturated heterocycles. The van der Waals surface area contributed by atoms with E-state index in [4.69, 9.17) is 0 Å². The molecule has 17 heavy (non-hydrogen) atoms. The van der Waals surface area contributed by atoms with Gasteiger partial charge in [0.2, 0.25) is 0 Å². The van der Waals surface area contributed by atoms with Gasteiger partial charge in [-0.25, -0.2) is 0 Å². The first-order chi connectivity index (χ1) is 8.27. The third kappa shape index (κ3) is 5.94. The maximum Gasteiger partial charge on any atom is 0.0175 e. The van der Waals surface area contributed by atoms with E-state index in [-0.39, 0.29) is 0 Å². The Balaban J connectivity index is 2.57. The molecule has 0 aromatic heterocycles. The van der Waals surface area contributed by atoms with E-state index in [9.17, 15) is 0 Å². The largest absolute Gasteiger partial charge is 0.316 e. The predicted octanol–water partition coefficient (Wildman–Crippen LogP) is 4.29. The number of nitrogens with one attached hydrogen (secondary N) is 1. The van der Waals surface area contributed by atoms with E-state index < -0.39 is 0 Å². The minimum Gasteiger partial charge on any atom is -0.316 e. The zero-order valence-electron chi connectivity index (χ0n) is 10.7. The van der Waals surface area contributed by atoms with E-state index >= 15 is 0 Å². The lowest BCUT2D eigenvalue weighted by atomic mass is 9.94. The number of rotatable bonds is 8. The van der Waals surface area contributed by atoms with Crippen molar-refractivity contribution in [1.82, 2.24) is 5.32 Å². The average molecular weight is 316 g/mol. The molecule has 1 N–H and O–H groups in total. The molecule has 3 heteroatoms. The van der Waals surface area contributed by atoms with Crippen LogP contribution in [0.25, 0.3) is 0 Å². The van der Waals surface area contributed by atoms with Gasteiger partial charge in [0.25, 0.3) is 0 Å². The SMILES string of the molecule is CCNCC(CCCSC)c1ccc(Br)cc1. The van der Waals surface area contributed by atoms with Gasteiger partial charge in [-0.3, -0.25) is 0 Å². The zero-order chi connectivity index (χ0) is 12.5. The summed E-state index contributed by atoms with van der Waals surface area (Å²) in [5, 5.41) is 3.47. The number of thioether (sulfide) groups is 1. The van der Waals surface area contributed by atoms with Crippen LogP contribution in [-0.4, -0.2) is 25.1 Å². The quantitative estimate of drug-likeness (QED) is 0.718. The molecular formula is C14H22BrNS. The highest BCUT2D eigenvalue weighted by Crippen LogP contribution is 2.23. The van der Waals surface area contributed by atoms with Crippen molar-refractivity contribution >= 4 is 27.7 Å². The van der Waals surface area contributed by atoms with Crippen LogP contribution < -0.4 is 5.32 Å². The molecule has 0 heterocycles. The molecular weight excluding hydrogens is 294 g/mol. The Morgan fingerprint density at radius 1 is 1.29 bits per heavy atom. The molecule has 1 atom stereocenters. The van der Waals surface area contributed by atoms with Gasteiger partial charge in [-0.15, -0.1) is 0 Å². The van der Waals surface area contributed by atoms with Crippen molar-refractivity contribution < 1.29 is 0 Å². The lowest BCUT2D eigenvalue weighted by Crippen LogP contribution is -2.21. The highest BCUT2D eigenvalue weighted by molar-refractivity contribution is 9.10. The van der Waals surface area contributed by atoms with E-state index in [1.807, 2.05) is 11.8 Å². The minimum absolute atomic E-state index is 0.648. The van der Waals surface area contributed by atoms with Crippen LogP contribution in [0.4, 0.5) is 0 Å². The van der Waals surface area contributed by atoms with Gasteiger partial charge in [-0.05, 0) is 55.0 Å². The molecule has 1 rings (SSSR count). The first-order valence-corrected chi connectivity index (χ1v) is 8.41. The second-order valence-corrected chi connectivity index (χ2v) is 6.09.